The molecule has 0 heterocycles. The summed E-state index contributed by atoms with van der Waals surface area (Å²) in [4.78, 5) is 11.1. The van der Waals surface area contributed by atoms with E-state index in [0.717, 1.165) is 12.8 Å². The highest BCUT2D eigenvalue weighted by atomic mass is 32.2. The van der Waals surface area contributed by atoms with Gasteiger partial charge in [0, 0.05) is 11.8 Å². The molecule has 0 spiro atoms. The molecule has 1 unspecified atom stereocenters. The molecule has 2 N–H and O–H groups in total. The Morgan fingerprint density at radius 3 is 2.57 bits per heavy atom. The van der Waals surface area contributed by atoms with Crippen LogP contribution in [0.4, 0.5) is 0 Å². The Kier molecular flexibility index (Phi) is 3.84. The maximum Gasteiger partial charge on any atom is 0.324 e. The molecule has 0 radical (unpaired) electrons. The largest absolute Gasteiger partial charge is 0.480 e. The van der Waals surface area contributed by atoms with Crippen molar-refractivity contribution in [3.05, 3.63) is 0 Å². The molecule has 0 aromatic heterocycles. The topological polar surface area (TPSA) is 49.3 Å². The van der Waals surface area contributed by atoms with Crippen LogP contribution < -0.4 is 5.32 Å². The van der Waals surface area contributed by atoms with Crippen LogP contribution in [0.1, 0.15) is 33.6 Å². The Morgan fingerprint density at radius 1 is 1.64 bits per heavy atom. The first kappa shape index (κ1) is 11.9. The number of hydrogen-bond acceptors (Lipinski definition) is 3. The summed E-state index contributed by atoms with van der Waals surface area (Å²) in [6, 6.07) is 0.434. The molecule has 3 nitrogen and oxygen atoms in total. The van der Waals surface area contributed by atoms with E-state index in [2.05, 4.69) is 19.2 Å². The SMILES string of the molecule is CC(C)SCC(C)(NC1CC1)C(=O)O. The second-order valence-electron chi connectivity index (χ2n) is 4.42. The summed E-state index contributed by atoms with van der Waals surface area (Å²) in [5.41, 5.74) is -0.754. The van der Waals surface area contributed by atoms with Gasteiger partial charge in [-0.3, -0.25) is 10.1 Å². The van der Waals surface area contributed by atoms with Gasteiger partial charge in [-0.05, 0) is 25.0 Å². The number of carbonyl (C=O) groups is 1. The van der Waals surface area contributed by atoms with Crippen LogP contribution in [0.25, 0.3) is 0 Å². The average molecular weight is 217 g/mol. The van der Waals surface area contributed by atoms with E-state index in [1.165, 1.54) is 0 Å². The molecule has 1 fully saturated rings. The zero-order valence-corrected chi connectivity index (χ0v) is 9.86. The van der Waals surface area contributed by atoms with E-state index in [-0.39, 0.29) is 0 Å². The van der Waals surface area contributed by atoms with Crippen molar-refractivity contribution in [1.82, 2.24) is 5.32 Å². The molecule has 1 rings (SSSR count). The summed E-state index contributed by atoms with van der Waals surface area (Å²) >= 11 is 1.69. The second-order valence-corrected chi connectivity index (χ2v) is 5.98. The first-order valence-corrected chi connectivity index (χ1v) is 6.11. The van der Waals surface area contributed by atoms with E-state index in [9.17, 15) is 4.79 Å². The monoisotopic (exact) mass is 217 g/mol. The molecule has 0 saturated heterocycles. The van der Waals surface area contributed by atoms with Crippen LogP contribution in [0, 0.1) is 0 Å². The van der Waals surface area contributed by atoms with E-state index in [1.807, 2.05) is 0 Å². The van der Waals surface area contributed by atoms with Crippen molar-refractivity contribution in [1.29, 1.82) is 0 Å². The summed E-state index contributed by atoms with van der Waals surface area (Å²) in [5.74, 6) is -0.103. The molecule has 0 amide bonds. The van der Waals surface area contributed by atoms with Crippen LogP contribution in [-0.4, -0.2) is 33.7 Å². The Hall–Kier alpha value is -0.220. The molecular formula is C10H19NO2S. The van der Waals surface area contributed by atoms with Crippen LogP contribution in [0.3, 0.4) is 0 Å². The fourth-order valence-corrected chi connectivity index (χ4v) is 2.05. The number of aliphatic carboxylic acids is 1. The van der Waals surface area contributed by atoms with Crippen LogP contribution in [0.15, 0.2) is 0 Å². The van der Waals surface area contributed by atoms with Gasteiger partial charge in [0.1, 0.15) is 5.54 Å². The minimum atomic E-state index is -0.754. The average Bonchev–Trinajstić information content (AvgIpc) is 2.84. The quantitative estimate of drug-likeness (QED) is 0.711. The number of hydrogen-bond donors (Lipinski definition) is 2. The summed E-state index contributed by atoms with van der Waals surface area (Å²) in [5, 5.41) is 12.8. The Bertz CT molecular complexity index is 216. The summed E-state index contributed by atoms with van der Waals surface area (Å²) in [7, 11) is 0. The smallest absolute Gasteiger partial charge is 0.324 e. The lowest BCUT2D eigenvalue weighted by atomic mass is 10.1. The lowest BCUT2D eigenvalue weighted by Gasteiger charge is -2.26. The molecule has 4 heteroatoms. The molecule has 0 aromatic carbocycles. The maximum atomic E-state index is 11.1. The van der Waals surface area contributed by atoms with Crippen LogP contribution in [0.5, 0.6) is 0 Å². The molecule has 1 atom stereocenters. The van der Waals surface area contributed by atoms with E-state index < -0.39 is 11.5 Å². The summed E-state index contributed by atoms with van der Waals surface area (Å²) in [6.45, 7) is 5.96. The maximum absolute atomic E-state index is 11.1. The van der Waals surface area contributed by atoms with Crippen molar-refractivity contribution in [3.8, 4) is 0 Å². The Morgan fingerprint density at radius 2 is 2.21 bits per heavy atom. The van der Waals surface area contributed by atoms with E-state index in [0.29, 0.717) is 17.0 Å². The highest BCUT2D eigenvalue weighted by molar-refractivity contribution is 7.99. The molecule has 0 aromatic rings. The van der Waals surface area contributed by atoms with E-state index in [1.54, 1.807) is 18.7 Å². The van der Waals surface area contributed by atoms with E-state index >= 15 is 0 Å². The van der Waals surface area contributed by atoms with Crippen molar-refractivity contribution in [2.75, 3.05) is 5.75 Å². The second kappa shape index (κ2) is 4.53. The lowest BCUT2D eigenvalue weighted by Crippen LogP contribution is -2.52. The standard InChI is InChI=1S/C10H19NO2S/c1-7(2)14-6-10(3,9(12)13)11-8-4-5-8/h7-8,11H,4-6H2,1-3H3,(H,12,13). The van der Waals surface area contributed by atoms with Gasteiger partial charge in [-0.2, -0.15) is 11.8 Å². The fraction of sp³-hybridized carbons (Fsp3) is 0.900. The third-order valence-electron chi connectivity index (χ3n) is 2.28. The number of nitrogens with one attached hydrogen (secondary N) is 1. The molecule has 1 saturated carbocycles. The molecule has 82 valence electrons. The highest BCUT2D eigenvalue weighted by Crippen LogP contribution is 2.25. The Balaban J connectivity index is 2.46. The van der Waals surface area contributed by atoms with Crippen molar-refractivity contribution in [2.24, 2.45) is 0 Å². The van der Waals surface area contributed by atoms with Gasteiger partial charge in [0.15, 0.2) is 0 Å². The highest BCUT2D eigenvalue weighted by Gasteiger charge is 2.38. The number of rotatable bonds is 6. The molecule has 1 aliphatic rings. The molecule has 14 heavy (non-hydrogen) atoms. The van der Waals surface area contributed by atoms with Gasteiger partial charge in [-0.1, -0.05) is 13.8 Å². The van der Waals surface area contributed by atoms with Gasteiger partial charge in [-0.25, -0.2) is 0 Å². The first-order chi connectivity index (χ1) is 6.44. The van der Waals surface area contributed by atoms with Crippen molar-refractivity contribution in [2.45, 2.75) is 50.4 Å². The normalized spacial score (nSPS) is 20.9. The minimum Gasteiger partial charge on any atom is -0.480 e. The number of thioether (sulfide) groups is 1. The molecule has 1 aliphatic carbocycles. The van der Waals surface area contributed by atoms with Gasteiger partial charge < -0.3 is 5.11 Å². The zero-order chi connectivity index (χ0) is 10.8. The predicted molar refractivity (Wildman–Crippen MR) is 59.8 cm³/mol. The Labute approximate surface area is 89.6 Å². The van der Waals surface area contributed by atoms with Crippen molar-refractivity contribution in [3.63, 3.8) is 0 Å². The summed E-state index contributed by atoms with van der Waals surface area (Å²) in [6.07, 6.45) is 2.24. The van der Waals surface area contributed by atoms with Gasteiger partial charge in [0.05, 0.1) is 0 Å². The first-order valence-electron chi connectivity index (χ1n) is 5.07. The van der Waals surface area contributed by atoms with Crippen LogP contribution in [0.2, 0.25) is 0 Å². The minimum absolute atomic E-state index is 0.434. The third-order valence-corrected chi connectivity index (χ3v) is 3.69. The van der Waals surface area contributed by atoms with E-state index in [4.69, 9.17) is 5.11 Å². The van der Waals surface area contributed by atoms with Gasteiger partial charge in [-0.15, -0.1) is 0 Å². The third kappa shape index (κ3) is 3.50. The molecule has 0 bridgehead atoms. The summed E-state index contributed by atoms with van der Waals surface area (Å²) < 4.78 is 0. The van der Waals surface area contributed by atoms with Crippen LogP contribution >= 0.6 is 11.8 Å². The van der Waals surface area contributed by atoms with Crippen molar-refractivity contribution >= 4 is 17.7 Å². The van der Waals surface area contributed by atoms with Gasteiger partial charge in [0.2, 0.25) is 0 Å². The van der Waals surface area contributed by atoms with Crippen molar-refractivity contribution < 1.29 is 9.90 Å². The fourth-order valence-electron chi connectivity index (χ4n) is 1.18. The number of carboxylic acid groups (broad SMARTS) is 1. The lowest BCUT2D eigenvalue weighted by molar-refractivity contribution is -0.143. The predicted octanol–water partition coefficient (Wildman–Crippen LogP) is 1.72. The van der Waals surface area contributed by atoms with Crippen LogP contribution in [-0.2, 0) is 4.79 Å². The number of carboxylic acids is 1. The zero-order valence-electron chi connectivity index (χ0n) is 9.04. The van der Waals surface area contributed by atoms with Gasteiger partial charge >= 0.3 is 5.97 Å². The molecular weight excluding hydrogens is 198 g/mol. The van der Waals surface area contributed by atoms with Gasteiger partial charge in [0.25, 0.3) is 0 Å². The molecule has 0 aliphatic heterocycles.